The van der Waals surface area contributed by atoms with Gasteiger partial charge in [0.1, 0.15) is 11.6 Å². The van der Waals surface area contributed by atoms with Gasteiger partial charge in [-0.15, -0.1) is 0 Å². The van der Waals surface area contributed by atoms with E-state index in [-0.39, 0.29) is 17.5 Å². The first-order chi connectivity index (χ1) is 12.5. The van der Waals surface area contributed by atoms with Crippen molar-refractivity contribution in [3.05, 3.63) is 65.7 Å². The summed E-state index contributed by atoms with van der Waals surface area (Å²) in [5, 5.41) is 0. The van der Waals surface area contributed by atoms with Crippen molar-refractivity contribution in [2.24, 2.45) is 0 Å². The lowest BCUT2D eigenvalue weighted by Crippen LogP contribution is -2.51. The molecule has 0 radical (unpaired) electrons. The van der Waals surface area contributed by atoms with Crippen molar-refractivity contribution in [1.82, 2.24) is 9.80 Å². The maximum Gasteiger partial charge on any atom is 0.236 e. The molecule has 1 aliphatic rings. The van der Waals surface area contributed by atoms with E-state index in [1.165, 1.54) is 24.3 Å². The molecule has 1 amide bonds. The highest BCUT2D eigenvalue weighted by Crippen LogP contribution is 2.17. The minimum absolute atomic E-state index is 0.0719. The standard InChI is InChI=1S/C20H23F2N3O/c1-23(14-16-3-2-4-18(22)13-16)15-20(26)25-11-9-24(10-12-25)19-7-5-17(21)6-8-19/h2-8,13H,9-12,14-15H2,1H3. The second-order valence-electron chi connectivity index (χ2n) is 6.65. The van der Waals surface area contributed by atoms with Crippen LogP contribution in [-0.2, 0) is 11.3 Å². The van der Waals surface area contributed by atoms with Crippen LogP contribution >= 0.6 is 0 Å². The third-order valence-electron chi connectivity index (χ3n) is 4.57. The van der Waals surface area contributed by atoms with Crippen molar-refractivity contribution in [1.29, 1.82) is 0 Å². The summed E-state index contributed by atoms with van der Waals surface area (Å²) < 4.78 is 26.3. The second kappa shape index (κ2) is 8.27. The van der Waals surface area contributed by atoms with Crippen LogP contribution in [0.4, 0.5) is 14.5 Å². The number of piperazine rings is 1. The molecule has 2 aromatic carbocycles. The van der Waals surface area contributed by atoms with Crippen LogP contribution in [0.2, 0.25) is 0 Å². The molecule has 0 atom stereocenters. The van der Waals surface area contributed by atoms with E-state index in [2.05, 4.69) is 4.90 Å². The second-order valence-corrected chi connectivity index (χ2v) is 6.65. The summed E-state index contributed by atoms with van der Waals surface area (Å²) in [6, 6.07) is 12.9. The van der Waals surface area contributed by atoms with E-state index in [0.29, 0.717) is 26.2 Å². The summed E-state index contributed by atoms with van der Waals surface area (Å²) in [6.07, 6.45) is 0. The van der Waals surface area contributed by atoms with Gasteiger partial charge < -0.3 is 9.80 Å². The van der Waals surface area contributed by atoms with Crippen LogP contribution in [0.15, 0.2) is 48.5 Å². The Bertz CT molecular complexity index is 743. The molecule has 0 spiro atoms. The van der Waals surface area contributed by atoms with Gasteiger partial charge in [-0.25, -0.2) is 8.78 Å². The Morgan fingerprint density at radius 1 is 1.00 bits per heavy atom. The van der Waals surface area contributed by atoms with Crippen LogP contribution in [0.3, 0.4) is 0 Å². The van der Waals surface area contributed by atoms with E-state index in [0.717, 1.165) is 24.3 Å². The van der Waals surface area contributed by atoms with Gasteiger partial charge in [-0.2, -0.15) is 0 Å². The number of benzene rings is 2. The Labute approximate surface area is 152 Å². The number of amides is 1. The zero-order valence-corrected chi connectivity index (χ0v) is 14.9. The minimum atomic E-state index is -0.265. The first kappa shape index (κ1) is 18.3. The summed E-state index contributed by atoms with van der Waals surface area (Å²) in [7, 11) is 1.86. The Hall–Kier alpha value is -2.47. The van der Waals surface area contributed by atoms with Crippen molar-refractivity contribution in [3.8, 4) is 0 Å². The summed E-state index contributed by atoms with van der Waals surface area (Å²) in [4.78, 5) is 18.4. The summed E-state index contributed by atoms with van der Waals surface area (Å²) in [5.41, 5.74) is 1.82. The van der Waals surface area contributed by atoms with Gasteiger partial charge in [-0.1, -0.05) is 12.1 Å². The van der Waals surface area contributed by atoms with Crippen LogP contribution in [0.5, 0.6) is 0 Å². The molecule has 0 aromatic heterocycles. The molecule has 4 nitrogen and oxygen atoms in total. The lowest BCUT2D eigenvalue weighted by Gasteiger charge is -2.36. The summed E-state index contributed by atoms with van der Waals surface area (Å²) in [6.45, 7) is 3.57. The van der Waals surface area contributed by atoms with E-state index < -0.39 is 0 Å². The lowest BCUT2D eigenvalue weighted by molar-refractivity contribution is -0.132. The molecule has 0 saturated carbocycles. The van der Waals surface area contributed by atoms with E-state index in [9.17, 15) is 13.6 Å². The van der Waals surface area contributed by atoms with Gasteiger partial charge in [-0.05, 0) is 49.0 Å². The fraction of sp³-hybridized carbons (Fsp3) is 0.350. The maximum atomic E-state index is 13.3. The van der Waals surface area contributed by atoms with Crippen molar-refractivity contribution >= 4 is 11.6 Å². The quantitative estimate of drug-likeness (QED) is 0.821. The van der Waals surface area contributed by atoms with Gasteiger partial charge >= 0.3 is 0 Å². The number of anilines is 1. The Morgan fingerprint density at radius 3 is 2.35 bits per heavy atom. The van der Waals surface area contributed by atoms with Crippen molar-refractivity contribution < 1.29 is 13.6 Å². The molecular weight excluding hydrogens is 336 g/mol. The van der Waals surface area contributed by atoms with Crippen molar-refractivity contribution in [2.75, 3.05) is 44.7 Å². The summed E-state index contributed by atoms with van der Waals surface area (Å²) in [5.74, 6) is -0.439. The van der Waals surface area contributed by atoms with Gasteiger partial charge in [-0.3, -0.25) is 9.69 Å². The third kappa shape index (κ3) is 4.79. The highest BCUT2D eigenvalue weighted by molar-refractivity contribution is 5.78. The summed E-state index contributed by atoms with van der Waals surface area (Å²) >= 11 is 0. The molecule has 0 unspecified atom stereocenters. The molecule has 138 valence electrons. The fourth-order valence-corrected chi connectivity index (χ4v) is 3.20. The average Bonchev–Trinajstić information content (AvgIpc) is 2.62. The molecule has 1 heterocycles. The topological polar surface area (TPSA) is 26.8 Å². The highest BCUT2D eigenvalue weighted by atomic mass is 19.1. The predicted molar refractivity (Wildman–Crippen MR) is 97.9 cm³/mol. The Balaban J connectivity index is 1.48. The Kier molecular flexibility index (Phi) is 5.83. The van der Waals surface area contributed by atoms with Crippen molar-refractivity contribution in [2.45, 2.75) is 6.54 Å². The molecule has 26 heavy (non-hydrogen) atoms. The number of likely N-dealkylation sites (N-methyl/N-ethyl adjacent to an activating group) is 1. The average molecular weight is 359 g/mol. The molecule has 2 aromatic rings. The van der Waals surface area contributed by atoms with Gasteiger partial charge in [0.25, 0.3) is 0 Å². The maximum absolute atomic E-state index is 13.3. The molecule has 6 heteroatoms. The van der Waals surface area contributed by atoms with E-state index in [1.807, 2.05) is 22.9 Å². The molecule has 1 fully saturated rings. The number of hydrogen-bond donors (Lipinski definition) is 0. The van der Waals surface area contributed by atoms with E-state index >= 15 is 0 Å². The van der Waals surface area contributed by atoms with E-state index in [4.69, 9.17) is 0 Å². The minimum Gasteiger partial charge on any atom is -0.368 e. The Morgan fingerprint density at radius 2 is 1.69 bits per heavy atom. The molecule has 0 bridgehead atoms. The molecule has 0 aliphatic carbocycles. The smallest absolute Gasteiger partial charge is 0.236 e. The molecule has 0 N–H and O–H groups in total. The number of hydrogen-bond acceptors (Lipinski definition) is 3. The van der Waals surface area contributed by atoms with Gasteiger partial charge in [0.05, 0.1) is 6.54 Å². The number of carbonyl (C=O) groups excluding carboxylic acids is 1. The fourth-order valence-electron chi connectivity index (χ4n) is 3.20. The van der Waals surface area contributed by atoms with Crippen molar-refractivity contribution in [3.63, 3.8) is 0 Å². The third-order valence-corrected chi connectivity index (χ3v) is 4.57. The zero-order chi connectivity index (χ0) is 18.5. The van der Waals surface area contributed by atoms with Crippen LogP contribution in [0.1, 0.15) is 5.56 Å². The zero-order valence-electron chi connectivity index (χ0n) is 14.9. The predicted octanol–water partition coefficient (Wildman–Crippen LogP) is 2.75. The van der Waals surface area contributed by atoms with Gasteiger partial charge in [0, 0.05) is 38.4 Å². The van der Waals surface area contributed by atoms with Gasteiger partial charge in [0.15, 0.2) is 0 Å². The van der Waals surface area contributed by atoms with Crippen LogP contribution in [-0.4, -0.2) is 55.5 Å². The SMILES string of the molecule is CN(CC(=O)N1CCN(c2ccc(F)cc2)CC1)Cc1cccc(F)c1. The lowest BCUT2D eigenvalue weighted by atomic mass is 10.2. The van der Waals surface area contributed by atoms with Crippen LogP contribution in [0, 0.1) is 11.6 Å². The normalized spacial score (nSPS) is 14.8. The first-order valence-corrected chi connectivity index (χ1v) is 8.72. The largest absolute Gasteiger partial charge is 0.368 e. The number of halogens is 2. The number of nitrogens with zero attached hydrogens (tertiary/aromatic N) is 3. The molecule has 1 aliphatic heterocycles. The molecule has 3 rings (SSSR count). The number of rotatable bonds is 5. The molecule has 1 saturated heterocycles. The van der Waals surface area contributed by atoms with Crippen LogP contribution in [0.25, 0.3) is 0 Å². The first-order valence-electron chi connectivity index (χ1n) is 8.72. The monoisotopic (exact) mass is 359 g/mol. The molecular formula is C20H23F2N3O. The van der Waals surface area contributed by atoms with Gasteiger partial charge in [0.2, 0.25) is 5.91 Å². The van der Waals surface area contributed by atoms with Crippen LogP contribution < -0.4 is 4.90 Å². The number of carbonyl (C=O) groups is 1. The van der Waals surface area contributed by atoms with E-state index in [1.54, 1.807) is 18.2 Å². The highest BCUT2D eigenvalue weighted by Gasteiger charge is 2.22.